The zero-order chi connectivity index (χ0) is 11.6. The number of pyridine rings is 1. The topological polar surface area (TPSA) is 22.1 Å². The van der Waals surface area contributed by atoms with Gasteiger partial charge < -0.3 is 4.74 Å². The van der Waals surface area contributed by atoms with Gasteiger partial charge in [0.15, 0.2) is 0 Å². The van der Waals surface area contributed by atoms with Gasteiger partial charge in [0.2, 0.25) is 0 Å². The van der Waals surface area contributed by atoms with Crippen molar-refractivity contribution in [1.82, 2.24) is 4.98 Å². The molecule has 2 heteroatoms. The number of hydrogen-bond donors (Lipinski definition) is 0. The highest BCUT2D eigenvalue weighted by molar-refractivity contribution is 5.42. The molecular formula is C13H21NO. The van der Waals surface area contributed by atoms with Crippen molar-refractivity contribution in [3.05, 3.63) is 23.5 Å². The Bertz CT molecular complexity index is 342. The molecule has 0 aliphatic rings. The lowest BCUT2D eigenvalue weighted by Gasteiger charge is -2.32. The van der Waals surface area contributed by atoms with Crippen LogP contribution in [0.2, 0.25) is 0 Å². The van der Waals surface area contributed by atoms with E-state index in [0.717, 1.165) is 5.75 Å². The van der Waals surface area contributed by atoms with Gasteiger partial charge in [0.05, 0.1) is 13.3 Å². The second kappa shape index (κ2) is 4.21. The first-order chi connectivity index (χ1) is 6.91. The van der Waals surface area contributed by atoms with Crippen LogP contribution in [-0.4, -0.2) is 12.1 Å². The molecule has 2 nitrogen and oxygen atoms in total. The first kappa shape index (κ1) is 12.0. The van der Waals surface area contributed by atoms with Gasteiger partial charge in [-0.05, 0) is 23.8 Å². The maximum Gasteiger partial charge on any atom is 0.141 e. The summed E-state index contributed by atoms with van der Waals surface area (Å²) < 4.78 is 5.40. The molecule has 0 aliphatic heterocycles. The predicted molar refractivity (Wildman–Crippen MR) is 63.4 cm³/mol. The molecule has 0 N–H and O–H groups in total. The Balaban J connectivity index is 3.34. The Hall–Kier alpha value is -1.05. The van der Waals surface area contributed by atoms with Crippen molar-refractivity contribution in [2.75, 3.05) is 7.11 Å². The van der Waals surface area contributed by atoms with Crippen LogP contribution in [-0.2, 0) is 5.41 Å². The summed E-state index contributed by atoms with van der Waals surface area (Å²) in [4.78, 5) is 4.16. The molecule has 1 rings (SSSR count). The van der Waals surface area contributed by atoms with Crippen LogP contribution in [0.25, 0.3) is 0 Å². The number of aryl methyl sites for hydroxylation is 1. The van der Waals surface area contributed by atoms with Gasteiger partial charge >= 0.3 is 0 Å². The van der Waals surface area contributed by atoms with Crippen molar-refractivity contribution in [2.24, 2.45) is 5.92 Å². The fourth-order valence-electron chi connectivity index (χ4n) is 1.81. The van der Waals surface area contributed by atoms with E-state index in [1.54, 1.807) is 13.3 Å². The van der Waals surface area contributed by atoms with Crippen molar-refractivity contribution in [3.8, 4) is 5.75 Å². The first-order valence-electron chi connectivity index (χ1n) is 5.40. The van der Waals surface area contributed by atoms with Crippen LogP contribution >= 0.6 is 0 Å². The van der Waals surface area contributed by atoms with Crippen LogP contribution in [0.15, 0.2) is 12.4 Å². The summed E-state index contributed by atoms with van der Waals surface area (Å²) in [5, 5.41) is 0. The number of ether oxygens (including phenoxy) is 1. The molecule has 15 heavy (non-hydrogen) atoms. The van der Waals surface area contributed by atoms with Crippen molar-refractivity contribution < 1.29 is 4.74 Å². The number of rotatable bonds is 3. The van der Waals surface area contributed by atoms with Crippen LogP contribution in [0.3, 0.4) is 0 Å². The molecule has 1 heterocycles. The normalized spacial score (nSPS) is 11.9. The van der Waals surface area contributed by atoms with Crippen molar-refractivity contribution in [1.29, 1.82) is 0 Å². The summed E-state index contributed by atoms with van der Waals surface area (Å²) in [7, 11) is 1.70. The fourth-order valence-corrected chi connectivity index (χ4v) is 1.81. The van der Waals surface area contributed by atoms with Crippen molar-refractivity contribution in [2.45, 2.75) is 40.0 Å². The minimum atomic E-state index is 0.109. The number of nitrogens with zero attached hydrogens (tertiary/aromatic N) is 1. The highest BCUT2D eigenvalue weighted by Gasteiger charge is 2.29. The van der Waals surface area contributed by atoms with Crippen LogP contribution in [0.1, 0.15) is 38.8 Å². The van der Waals surface area contributed by atoms with E-state index in [1.807, 2.05) is 6.20 Å². The van der Waals surface area contributed by atoms with Gasteiger partial charge in [0, 0.05) is 11.8 Å². The Morgan fingerprint density at radius 3 is 2.33 bits per heavy atom. The smallest absolute Gasteiger partial charge is 0.141 e. The van der Waals surface area contributed by atoms with E-state index in [2.05, 4.69) is 39.6 Å². The third-order valence-electron chi connectivity index (χ3n) is 3.41. The Morgan fingerprint density at radius 2 is 1.87 bits per heavy atom. The van der Waals surface area contributed by atoms with Crippen LogP contribution in [0.4, 0.5) is 0 Å². The molecule has 0 bridgehead atoms. The largest absolute Gasteiger partial charge is 0.495 e. The molecule has 0 saturated heterocycles. The third-order valence-corrected chi connectivity index (χ3v) is 3.41. The summed E-state index contributed by atoms with van der Waals surface area (Å²) in [6.45, 7) is 11.1. The van der Waals surface area contributed by atoms with Crippen molar-refractivity contribution in [3.63, 3.8) is 0 Å². The van der Waals surface area contributed by atoms with E-state index < -0.39 is 0 Å². The first-order valence-corrected chi connectivity index (χ1v) is 5.40. The average molecular weight is 207 g/mol. The molecule has 0 aromatic carbocycles. The highest BCUT2D eigenvalue weighted by Crippen LogP contribution is 2.38. The minimum Gasteiger partial charge on any atom is -0.495 e. The quantitative estimate of drug-likeness (QED) is 0.758. The van der Waals surface area contributed by atoms with Crippen LogP contribution in [0, 0.1) is 12.8 Å². The molecule has 1 aromatic rings. The van der Waals surface area contributed by atoms with Gasteiger partial charge in [-0.2, -0.15) is 0 Å². The SMILES string of the molecule is COc1cncc(C)c1C(C)(C)C(C)C. The molecule has 84 valence electrons. The monoisotopic (exact) mass is 207 g/mol. The average Bonchev–Trinajstić information content (AvgIpc) is 2.16. The van der Waals surface area contributed by atoms with E-state index in [-0.39, 0.29) is 5.41 Å². The van der Waals surface area contributed by atoms with Crippen LogP contribution < -0.4 is 4.74 Å². The second-order valence-corrected chi connectivity index (χ2v) is 4.91. The summed E-state index contributed by atoms with van der Waals surface area (Å²) in [5.74, 6) is 1.46. The number of aromatic nitrogens is 1. The van der Waals surface area contributed by atoms with Gasteiger partial charge in [-0.15, -0.1) is 0 Å². The molecule has 0 aliphatic carbocycles. The van der Waals surface area contributed by atoms with E-state index in [1.165, 1.54) is 11.1 Å². The summed E-state index contributed by atoms with van der Waals surface area (Å²) >= 11 is 0. The lowest BCUT2D eigenvalue weighted by atomic mass is 9.73. The number of hydrogen-bond acceptors (Lipinski definition) is 2. The van der Waals surface area contributed by atoms with Gasteiger partial charge in [0.1, 0.15) is 5.75 Å². The third kappa shape index (κ3) is 2.14. The summed E-state index contributed by atoms with van der Waals surface area (Å²) in [6, 6.07) is 0. The van der Waals surface area contributed by atoms with Crippen LogP contribution in [0.5, 0.6) is 5.75 Å². The Labute approximate surface area is 92.7 Å². The maximum absolute atomic E-state index is 5.40. The molecule has 0 atom stereocenters. The molecule has 1 aromatic heterocycles. The molecule has 0 spiro atoms. The van der Waals surface area contributed by atoms with E-state index in [9.17, 15) is 0 Å². The zero-order valence-corrected chi connectivity index (χ0v) is 10.6. The van der Waals surface area contributed by atoms with E-state index in [0.29, 0.717) is 5.92 Å². The molecule has 0 unspecified atom stereocenters. The second-order valence-electron chi connectivity index (χ2n) is 4.91. The molecule has 0 saturated carbocycles. The molecule has 0 amide bonds. The lowest BCUT2D eigenvalue weighted by molar-refractivity contribution is 0.339. The predicted octanol–water partition coefficient (Wildman–Crippen LogP) is 3.33. The highest BCUT2D eigenvalue weighted by atomic mass is 16.5. The maximum atomic E-state index is 5.40. The zero-order valence-electron chi connectivity index (χ0n) is 10.6. The standard InChI is InChI=1S/C13H21NO/c1-9(2)13(4,5)12-10(3)7-14-8-11(12)15-6/h7-9H,1-6H3. The molecule has 0 fully saturated rings. The number of methoxy groups -OCH3 is 1. The molecular weight excluding hydrogens is 186 g/mol. The Kier molecular flexibility index (Phi) is 3.38. The lowest BCUT2D eigenvalue weighted by Crippen LogP contribution is -2.26. The minimum absolute atomic E-state index is 0.109. The van der Waals surface area contributed by atoms with Crippen molar-refractivity contribution >= 4 is 0 Å². The molecule has 0 radical (unpaired) electrons. The van der Waals surface area contributed by atoms with Gasteiger partial charge in [-0.25, -0.2) is 0 Å². The van der Waals surface area contributed by atoms with E-state index >= 15 is 0 Å². The Morgan fingerprint density at radius 1 is 1.27 bits per heavy atom. The fraction of sp³-hybridized carbons (Fsp3) is 0.615. The summed E-state index contributed by atoms with van der Waals surface area (Å²) in [5.41, 5.74) is 2.58. The van der Waals surface area contributed by atoms with Gasteiger partial charge in [0.25, 0.3) is 0 Å². The van der Waals surface area contributed by atoms with Gasteiger partial charge in [-0.1, -0.05) is 27.7 Å². The van der Waals surface area contributed by atoms with Gasteiger partial charge in [-0.3, -0.25) is 4.98 Å². The summed E-state index contributed by atoms with van der Waals surface area (Å²) in [6.07, 6.45) is 3.70. The van der Waals surface area contributed by atoms with E-state index in [4.69, 9.17) is 4.74 Å².